The number of halogens is 3. The predicted octanol–water partition coefficient (Wildman–Crippen LogP) is 4.36. The minimum absolute atomic E-state index is 0.301. The van der Waals surface area contributed by atoms with Crippen LogP contribution in [0.5, 0.6) is 0 Å². The monoisotopic (exact) mass is 495 g/mol. The van der Waals surface area contributed by atoms with E-state index in [1.54, 1.807) is 11.8 Å². The summed E-state index contributed by atoms with van der Waals surface area (Å²) in [7, 11) is 2.09. The largest absolute Gasteiger partial charge is 0.434 e. The molecule has 1 aliphatic carbocycles. The summed E-state index contributed by atoms with van der Waals surface area (Å²) in [6.07, 6.45) is 6.14. The molecule has 0 radical (unpaired) electrons. The van der Waals surface area contributed by atoms with Gasteiger partial charge in [0.2, 0.25) is 0 Å². The zero-order chi connectivity index (χ0) is 23.7. The number of aromatic nitrogens is 5. The van der Waals surface area contributed by atoms with Crippen LogP contribution >= 0.6 is 11.8 Å². The summed E-state index contributed by atoms with van der Waals surface area (Å²) in [6.45, 7) is 3.80. The lowest BCUT2D eigenvalue weighted by atomic mass is 9.89. The number of anilines is 1. The molecule has 2 unspecified atom stereocenters. The van der Waals surface area contributed by atoms with E-state index in [-0.39, 0.29) is 0 Å². The number of rotatable bonds is 7. The normalized spacial score (nSPS) is 24.2. The Morgan fingerprint density at radius 1 is 1.03 bits per heavy atom. The molecule has 0 aromatic carbocycles. The van der Waals surface area contributed by atoms with Gasteiger partial charge in [-0.1, -0.05) is 31.0 Å². The molecule has 2 aromatic rings. The molecule has 5 rings (SSSR count). The molecule has 2 saturated heterocycles. The number of nitrogens with zero attached hydrogens (tertiary/aromatic N) is 7. The van der Waals surface area contributed by atoms with Crippen LogP contribution in [0, 0.1) is 5.92 Å². The lowest BCUT2D eigenvalue weighted by molar-refractivity contribution is -0.141. The zero-order valence-corrected chi connectivity index (χ0v) is 20.4. The van der Waals surface area contributed by atoms with Gasteiger partial charge in [0, 0.05) is 44.4 Å². The average molecular weight is 496 g/mol. The molecule has 0 spiro atoms. The number of likely N-dealkylation sites (tertiary alicyclic amines) is 1. The summed E-state index contributed by atoms with van der Waals surface area (Å²) in [5, 5.41) is 9.94. The van der Waals surface area contributed by atoms with Gasteiger partial charge in [0.15, 0.2) is 10.9 Å². The molecule has 34 heavy (non-hydrogen) atoms. The summed E-state index contributed by atoms with van der Waals surface area (Å²) in [5.74, 6) is 3.78. The van der Waals surface area contributed by atoms with E-state index in [0.717, 1.165) is 62.0 Å². The molecule has 0 N–H and O–H groups in total. The van der Waals surface area contributed by atoms with Gasteiger partial charge in [0.1, 0.15) is 11.6 Å². The van der Waals surface area contributed by atoms with Gasteiger partial charge in [0.25, 0.3) is 0 Å². The van der Waals surface area contributed by atoms with Gasteiger partial charge < -0.3 is 14.4 Å². The van der Waals surface area contributed by atoms with E-state index >= 15 is 0 Å². The molecule has 186 valence electrons. The van der Waals surface area contributed by atoms with Crippen LogP contribution in [0.2, 0.25) is 0 Å². The highest BCUT2D eigenvalue weighted by atomic mass is 32.2. The van der Waals surface area contributed by atoms with E-state index in [1.807, 2.05) is 0 Å². The minimum atomic E-state index is -4.45. The van der Waals surface area contributed by atoms with E-state index in [1.165, 1.54) is 38.3 Å². The molecular formula is C23H32F3N7S. The lowest BCUT2D eigenvalue weighted by Crippen LogP contribution is -2.36. The van der Waals surface area contributed by atoms with E-state index in [0.29, 0.717) is 23.7 Å². The van der Waals surface area contributed by atoms with E-state index in [9.17, 15) is 13.2 Å². The van der Waals surface area contributed by atoms with Crippen LogP contribution in [0.1, 0.15) is 62.4 Å². The maximum Gasteiger partial charge on any atom is 0.434 e. The maximum absolute atomic E-state index is 12.8. The summed E-state index contributed by atoms with van der Waals surface area (Å²) in [4.78, 5) is 12.3. The number of hydrogen-bond acceptors (Lipinski definition) is 7. The third-order valence-electron chi connectivity index (χ3n) is 7.53. The van der Waals surface area contributed by atoms with Crippen LogP contribution in [0.3, 0.4) is 0 Å². The summed E-state index contributed by atoms with van der Waals surface area (Å²) >= 11 is 1.78. The lowest BCUT2D eigenvalue weighted by Gasteiger charge is -2.25. The van der Waals surface area contributed by atoms with Crippen LogP contribution in [-0.2, 0) is 13.2 Å². The van der Waals surface area contributed by atoms with Gasteiger partial charge in [-0.3, -0.25) is 0 Å². The van der Waals surface area contributed by atoms with Crippen LogP contribution in [-0.4, -0.2) is 67.6 Å². The Balaban J connectivity index is 1.09. The van der Waals surface area contributed by atoms with Gasteiger partial charge in [-0.05, 0) is 38.1 Å². The Morgan fingerprint density at radius 3 is 2.59 bits per heavy atom. The minimum Gasteiger partial charge on any atom is -0.351 e. The third kappa shape index (κ3) is 5.05. The smallest absolute Gasteiger partial charge is 0.351 e. The second kappa shape index (κ2) is 10.0. The molecule has 2 aliphatic heterocycles. The molecule has 2 aromatic heterocycles. The highest BCUT2D eigenvalue weighted by Crippen LogP contribution is 2.36. The Kier molecular flexibility index (Phi) is 7.02. The summed E-state index contributed by atoms with van der Waals surface area (Å²) < 4.78 is 40.6. The van der Waals surface area contributed by atoms with Crippen LogP contribution in [0.25, 0.3) is 0 Å². The van der Waals surface area contributed by atoms with Crippen molar-refractivity contribution in [3.63, 3.8) is 0 Å². The van der Waals surface area contributed by atoms with Crippen molar-refractivity contribution in [1.29, 1.82) is 0 Å². The van der Waals surface area contributed by atoms with Gasteiger partial charge in [-0.25, -0.2) is 9.97 Å². The number of thioether (sulfide) groups is 1. The highest BCUT2D eigenvalue weighted by Gasteiger charge is 2.42. The van der Waals surface area contributed by atoms with Crippen molar-refractivity contribution in [3.8, 4) is 0 Å². The van der Waals surface area contributed by atoms with Crippen molar-refractivity contribution in [2.45, 2.75) is 68.2 Å². The Hall–Kier alpha value is -1.88. The first-order valence-electron chi connectivity index (χ1n) is 12.3. The molecule has 7 nitrogen and oxygen atoms in total. The van der Waals surface area contributed by atoms with Crippen LogP contribution in [0.15, 0.2) is 17.6 Å². The molecule has 3 aliphatic rings. The van der Waals surface area contributed by atoms with Crippen molar-refractivity contribution in [3.05, 3.63) is 23.9 Å². The average Bonchev–Trinajstić information content (AvgIpc) is 3.51. The SMILES string of the molecule is Cn1c(SCCCN2CC3CCN(c4cnc(C(F)(F)F)cn4)C3C2)nnc1C1CCCCC1. The van der Waals surface area contributed by atoms with Crippen molar-refractivity contribution < 1.29 is 13.2 Å². The fourth-order valence-corrected chi connectivity index (χ4v) is 6.59. The molecule has 4 heterocycles. The number of hydrogen-bond donors (Lipinski definition) is 0. The first-order chi connectivity index (χ1) is 16.4. The molecule has 0 amide bonds. The van der Waals surface area contributed by atoms with Crippen molar-refractivity contribution >= 4 is 17.6 Å². The van der Waals surface area contributed by atoms with Gasteiger partial charge >= 0.3 is 6.18 Å². The molecule has 2 atom stereocenters. The van der Waals surface area contributed by atoms with Crippen molar-refractivity contribution in [1.82, 2.24) is 29.6 Å². The van der Waals surface area contributed by atoms with Gasteiger partial charge in [-0.2, -0.15) is 13.2 Å². The van der Waals surface area contributed by atoms with Gasteiger partial charge in [0.05, 0.1) is 12.4 Å². The first-order valence-corrected chi connectivity index (χ1v) is 13.3. The van der Waals surface area contributed by atoms with Crippen LogP contribution in [0.4, 0.5) is 19.0 Å². The van der Waals surface area contributed by atoms with E-state index in [4.69, 9.17) is 0 Å². The molecule has 11 heteroatoms. The zero-order valence-electron chi connectivity index (χ0n) is 19.5. The standard InChI is InChI=1S/C23H32F3N7S/c1-31-21(16-6-3-2-4-7-16)29-30-22(31)34-11-5-9-32-14-17-8-10-33(18(17)15-32)20-13-27-19(12-28-20)23(24,25)26/h12-13,16-18H,2-11,14-15H2,1H3. The Bertz CT molecular complexity index is 958. The molecular weight excluding hydrogens is 463 g/mol. The molecule has 0 bridgehead atoms. The predicted molar refractivity (Wildman–Crippen MR) is 125 cm³/mol. The first kappa shape index (κ1) is 23.8. The quantitative estimate of drug-likeness (QED) is 0.418. The number of fused-ring (bicyclic) bond motifs is 1. The Labute approximate surface area is 202 Å². The topological polar surface area (TPSA) is 63.0 Å². The fourth-order valence-electron chi connectivity index (χ4n) is 5.75. The van der Waals surface area contributed by atoms with Crippen molar-refractivity contribution in [2.75, 3.05) is 36.8 Å². The molecule has 3 fully saturated rings. The maximum atomic E-state index is 12.8. The second-order valence-electron chi connectivity index (χ2n) is 9.76. The molecule has 1 saturated carbocycles. The highest BCUT2D eigenvalue weighted by molar-refractivity contribution is 7.99. The van der Waals surface area contributed by atoms with Gasteiger partial charge in [-0.15, -0.1) is 10.2 Å². The van der Waals surface area contributed by atoms with Crippen molar-refractivity contribution in [2.24, 2.45) is 13.0 Å². The number of alkyl halides is 3. The van der Waals surface area contributed by atoms with E-state index in [2.05, 4.69) is 41.6 Å². The Morgan fingerprint density at radius 2 is 1.85 bits per heavy atom. The fraction of sp³-hybridized carbons (Fsp3) is 0.739. The second-order valence-corrected chi connectivity index (χ2v) is 10.8. The summed E-state index contributed by atoms with van der Waals surface area (Å²) in [6, 6.07) is 0.301. The third-order valence-corrected chi connectivity index (χ3v) is 8.64. The summed E-state index contributed by atoms with van der Waals surface area (Å²) in [5.41, 5.74) is -0.939. The van der Waals surface area contributed by atoms with E-state index < -0.39 is 11.9 Å². The van der Waals surface area contributed by atoms with Crippen LogP contribution < -0.4 is 4.90 Å².